The molecule has 0 aliphatic carbocycles. The molecule has 1 aliphatic rings. The number of carbonyl (C=O) groups excluding carboxylic acids is 1. The highest BCUT2D eigenvalue weighted by Gasteiger charge is 2.28. The van der Waals surface area contributed by atoms with Gasteiger partial charge in [-0.1, -0.05) is 18.5 Å². The number of halogens is 1. The number of nitrogens with one attached hydrogen (secondary N) is 1. The molecule has 4 nitrogen and oxygen atoms in total. The number of carbonyl (C=O) groups is 1. The second-order valence-electron chi connectivity index (χ2n) is 4.48. The summed E-state index contributed by atoms with van der Waals surface area (Å²) in [4.78, 5) is 14.3. The number of aromatic hydroxyl groups is 1. The fourth-order valence-electron chi connectivity index (χ4n) is 1.99. The summed E-state index contributed by atoms with van der Waals surface area (Å²) in [5, 5.41) is 12.7. The monoisotopic (exact) mass is 268 g/mol. The molecule has 0 radical (unpaired) electrons. The quantitative estimate of drug-likeness (QED) is 0.877. The van der Waals surface area contributed by atoms with Gasteiger partial charge in [-0.15, -0.1) is 0 Å². The van der Waals surface area contributed by atoms with Gasteiger partial charge in [0.2, 0.25) is 0 Å². The van der Waals surface area contributed by atoms with Gasteiger partial charge in [-0.3, -0.25) is 4.79 Å². The van der Waals surface area contributed by atoms with Gasteiger partial charge in [-0.25, -0.2) is 0 Å². The van der Waals surface area contributed by atoms with Crippen molar-refractivity contribution in [3.05, 3.63) is 28.8 Å². The minimum atomic E-state index is -0.0229. The lowest BCUT2D eigenvalue weighted by Crippen LogP contribution is -2.59. The largest absolute Gasteiger partial charge is 0.506 e. The van der Waals surface area contributed by atoms with Gasteiger partial charge in [0.05, 0.1) is 11.1 Å². The van der Waals surface area contributed by atoms with E-state index in [9.17, 15) is 9.90 Å². The zero-order valence-corrected chi connectivity index (χ0v) is 11.1. The van der Waals surface area contributed by atoms with Crippen LogP contribution in [-0.4, -0.2) is 41.6 Å². The third kappa shape index (κ3) is 2.60. The smallest absolute Gasteiger partial charge is 0.254 e. The molecule has 0 atom stereocenters. The SMILES string of the molecule is CCCN(C(=O)c1ccc(O)c(Cl)c1)C1CNC1. The Bertz CT molecular complexity index is 447. The van der Waals surface area contributed by atoms with Crippen molar-refractivity contribution in [1.82, 2.24) is 10.2 Å². The van der Waals surface area contributed by atoms with E-state index in [1.54, 1.807) is 6.07 Å². The van der Waals surface area contributed by atoms with Crippen LogP contribution in [-0.2, 0) is 0 Å². The van der Waals surface area contributed by atoms with Crippen LogP contribution in [0.4, 0.5) is 0 Å². The summed E-state index contributed by atoms with van der Waals surface area (Å²) in [5.74, 6) is -0.0224. The molecule has 1 heterocycles. The van der Waals surface area contributed by atoms with Gasteiger partial charge in [0.15, 0.2) is 0 Å². The standard InChI is InChI=1S/C13H17ClN2O2/c1-2-5-16(10-7-15-8-10)13(18)9-3-4-12(17)11(14)6-9/h3-4,6,10,15,17H,2,5,7-8H2,1H3. The zero-order chi connectivity index (χ0) is 13.1. The molecular weight excluding hydrogens is 252 g/mol. The first-order chi connectivity index (χ1) is 8.63. The Morgan fingerprint density at radius 3 is 2.78 bits per heavy atom. The number of benzene rings is 1. The molecule has 18 heavy (non-hydrogen) atoms. The summed E-state index contributed by atoms with van der Waals surface area (Å²) in [6.07, 6.45) is 0.925. The molecule has 0 saturated carbocycles. The van der Waals surface area contributed by atoms with Gasteiger partial charge in [0, 0.05) is 25.2 Å². The summed E-state index contributed by atoms with van der Waals surface area (Å²) in [6.45, 7) is 4.48. The van der Waals surface area contributed by atoms with Crippen molar-refractivity contribution in [1.29, 1.82) is 0 Å². The van der Waals surface area contributed by atoms with Crippen LogP contribution in [0, 0.1) is 0 Å². The summed E-state index contributed by atoms with van der Waals surface area (Å²) in [7, 11) is 0. The summed E-state index contributed by atoms with van der Waals surface area (Å²) in [6, 6.07) is 4.86. The Labute approximate surface area is 112 Å². The fourth-order valence-corrected chi connectivity index (χ4v) is 2.17. The number of phenols is 1. The van der Waals surface area contributed by atoms with Crippen molar-refractivity contribution < 1.29 is 9.90 Å². The highest BCUT2D eigenvalue weighted by Crippen LogP contribution is 2.24. The van der Waals surface area contributed by atoms with Crippen molar-refractivity contribution in [2.45, 2.75) is 19.4 Å². The Morgan fingerprint density at radius 1 is 1.56 bits per heavy atom. The van der Waals surface area contributed by atoms with Crippen molar-refractivity contribution >= 4 is 17.5 Å². The Kier molecular flexibility index (Phi) is 4.09. The molecule has 1 aromatic rings. The van der Waals surface area contributed by atoms with E-state index in [0.29, 0.717) is 5.56 Å². The van der Waals surface area contributed by atoms with Crippen LogP contribution in [0.25, 0.3) is 0 Å². The lowest BCUT2D eigenvalue weighted by molar-refractivity contribution is 0.0616. The highest BCUT2D eigenvalue weighted by atomic mass is 35.5. The molecule has 2 rings (SSSR count). The van der Waals surface area contributed by atoms with Gasteiger partial charge in [0.1, 0.15) is 5.75 Å². The van der Waals surface area contributed by atoms with Crippen molar-refractivity contribution in [3.8, 4) is 5.75 Å². The summed E-state index contributed by atoms with van der Waals surface area (Å²) >= 11 is 5.83. The highest BCUT2D eigenvalue weighted by molar-refractivity contribution is 6.32. The molecule has 0 aromatic heterocycles. The molecule has 2 N–H and O–H groups in total. The van der Waals surface area contributed by atoms with Gasteiger partial charge in [-0.05, 0) is 24.6 Å². The molecule has 0 spiro atoms. The van der Waals surface area contributed by atoms with Crippen molar-refractivity contribution in [3.63, 3.8) is 0 Å². The van der Waals surface area contributed by atoms with E-state index in [0.717, 1.165) is 26.1 Å². The molecular formula is C13H17ClN2O2. The Hall–Kier alpha value is -1.26. The first-order valence-electron chi connectivity index (χ1n) is 6.13. The van der Waals surface area contributed by atoms with E-state index in [2.05, 4.69) is 12.2 Å². The van der Waals surface area contributed by atoms with E-state index >= 15 is 0 Å². The zero-order valence-electron chi connectivity index (χ0n) is 10.3. The van der Waals surface area contributed by atoms with Crippen LogP contribution in [0.1, 0.15) is 23.7 Å². The van der Waals surface area contributed by atoms with E-state index < -0.39 is 0 Å². The molecule has 1 amide bonds. The molecule has 1 fully saturated rings. The van der Waals surface area contributed by atoms with Crippen molar-refractivity contribution in [2.75, 3.05) is 19.6 Å². The van der Waals surface area contributed by atoms with E-state index in [-0.39, 0.29) is 22.7 Å². The van der Waals surface area contributed by atoms with Crippen LogP contribution in [0.15, 0.2) is 18.2 Å². The summed E-state index contributed by atoms with van der Waals surface area (Å²) < 4.78 is 0. The van der Waals surface area contributed by atoms with Crippen LogP contribution in [0.2, 0.25) is 5.02 Å². The number of hydrogen-bond donors (Lipinski definition) is 2. The van der Waals surface area contributed by atoms with Crippen LogP contribution >= 0.6 is 11.6 Å². The van der Waals surface area contributed by atoms with Gasteiger partial charge in [-0.2, -0.15) is 0 Å². The van der Waals surface area contributed by atoms with Gasteiger partial charge < -0.3 is 15.3 Å². The lowest BCUT2D eigenvalue weighted by atomic mass is 10.1. The van der Waals surface area contributed by atoms with Crippen molar-refractivity contribution in [2.24, 2.45) is 0 Å². The average Bonchev–Trinajstić information content (AvgIpc) is 2.29. The Balaban J connectivity index is 2.18. The van der Waals surface area contributed by atoms with Crippen LogP contribution < -0.4 is 5.32 Å². The number of phenolic OH excluding ortho intramolecular Hbond substituents is 1. The van der Waals surface area contributed by atoms with Gasteiger partial charge >= 0.3 is 0 Å². The first-order valence-corrected chi connectivity index (χ1v) is 6.51. The topological polar surface area (TPSA) is 52.6 Å². The van der Waals surface area contributed by atoms with E-state index in [4.69, 9.17) is 11.6 Å². The maximum Gasteiger partial charge on any atom is 0.254 e. The normalized spacial score (nSPS) is 15.2. The predicted octanol–water partition coefficient (Wildman–Crippen LogP) is 1.87. The van der Waals surface area contributed by atoms with Gasteiger partial charge in [0.25, 0.3) is 5.91 Å². The maximum absolute atomic E-state index is 12.4. The third-order valence-corrected chi connectivity index (χ3v) is 3.42. The molecule has 98 valence electrons. The lowest BCUT2D eigenvalue weighted by Gasteiger charge is -2.38. The molecule has 0 bridgehead atoms. The molecule has 5 heteroatoms. The second-order valence-corrected chi connectivity index (χ2v) is 4.88. The average molecular weight is 269 g/mol. The molecule has 1 saturated heterocycles. The number of rotatable bonds is 4. The minimum absolute atomic E-state index is 0.000527. The minimum Gasteiger partial charge on any atom is -0.506 e. The molecule has 0 unspecified atom stereocenters. The Morgan fingerprint density at radius 2 is 2.28 bits per heavy atom. The third-order valence-electron chi connectivity index (χ3n) is 3.12. The van der Waals surface area contributed by atoms with Crippen LogP contribution in [0.3, 0.4) is 0 Å². The second kappa shape index (κ2) is 5.59. The molecule has 1 aliphatic heterocycles. The first kappa shape index (κ1) is 13.2. The molecule has 1 aromatic carbocycles. The maximum atomic E-state index is 12.4. The summed E-state index contributed by atoms with van der Waals surface area (Å²) in [5.41, 5.74) is 0.526. The number of nitrogens with zero attached hydrogens (tertiary/aromatic N) is 1. The van der Waals surface area contributed by atoms with E-state index in [1.807, 2.05) is 4.90 Å². The number of amides is 1. The number of hydrogen-bond acceptors (Lipinski definition) is 3. The fraction of sp³-hybridized carbons (Fsp3) is 0.462. The predicted molar refractivity (Wildman–Crippen MR) is 71.1 cm³/mol. The van der Waals surface area contributed by atoms with Crippen LogP contribution in [0.5, 0.6) is 5.75 Å². The van der Waals surface area contributed by atoms with E-state index in [1.165, 1.54) is 12.1 Å².